The quantitative estimate of drug-likeness (QED) is 0.692. The number of rotatable bonds is 9. The Morgan fingerprint density at radius 3 is 3.05 bits per heavy atom. The number of nitrogens with one attached hydrogen (secondary N) is 1. The van der Waals surface area contributed by atoms with Crippen LogP contribution in [0.4, 0.5) is 0 Å². The molecule has 0 amide bonds. The minimum atomic E-state index is -0.00834. The summed E-state index contributed by atoms with van der Waals surface area (Å²) >= 11 is 0. The third kappa shape index (κ3) is 3.91. The fourth-order valence-electron chi connectivity index (χ4n) is 1.95. The number of hydrogen-bond acceptors (Lipinski definition) is 4. The van der Waals surface area contributed by atoms with E-state index in [9.17, 15) is 4.79 Å². The van der Waals surface area contributed by atoms with Crippen molar-refractivity contribution in [2.24, 2.45) is 0 Å². The summed E-state index contributed by atoms with van der Waals surface area (Å²) in [5.41, 5.74) is 0.599. The van der Waals surface area contributed by atoms with E-state index >= 15 is 0 Å². The molecule has 0 aliphatic carbocycles. The van der Waals surface area contributed by atoms with Crippen molar-refractivity contribution in [2.45, 2.75) is 26.3 Å². The molecule has 0 unspecified atom stereocenters. The summed E-state index contributed by atoms with van der Waals surface area (Å²) in [6, 6.07) is 1.73. The van der Waals surface area contributed by atoms with E-state index in [2.05, 4.69) is 17.3 Å². The smallest absolute Gasteiger partial charge is 0.276 e. The summed E-state index contributed by atoms with van der Waals surface area (Å²) in [4.78, 5) is 12.1. The van der Waals surface area contributed by atoms with Gasteiger partial charge in [0.1, 0.15) is 5.52 Å². The number of unbranched alkanes of at least 4 members (excludes halogenated alkanes) is 1. The Hall–Kier alpha value is -1.66. The lowest BCUT2D eigenvalue weighted by molar-refractivity contribution is 0.133. The maximum Gasteiger partial charge on any atom is 0.276 e. The van der Waals surface area contributed by atoms with Crippen molar-refractivity contribution in [3.05, 3.63) is 35.0 Å². The van der Waals surface area contributed by atoms with Gasteiger partial charge in [0.15, 0.2) is 0 Å². The number of aromatic nitrogens is 3. The van der Waals surface area contributed by atoms with Crippen LogP contribution in [0.2, 0.25) is 0 Å². The molecule has 2 aromatic rings. The van der Waals surface area contributed by atoms with Gasteiger partial charge in [0, 0.05) is 38.6 Å². The molecule has 2 aromatic heterocycles. The molecule has 0 bridgehead atoms. The molecule has 0 spiro atoms. The second-order valence-corrected chi connectivity index (χ2v) is 4.67. The van der Waals surface area contributed by atoms with Crippen molar-refractivity contribution >= 4 is 5.52 Å². The van der Waals surface area contributed by atoms with E-state index in [0.29, 0.717) is 12.1 Å². The van der Waals surface area contributed by atoms with Gasteiger partial charge in [-0.15, -0.1) is 0 Å². The molecule has 0 atom stereocenters. The Balaban J connectivity index is 1.71. The van der Waals surface area contributed by atoms with Gasteiger partial charge in [-0.3, -0.25) is 4.79 Å². The third-order valence-corrected chi connectivity index (χ3v) is 3.13. The predicted molar refractivity (Wildman–Crippen MR) is 78.0 cm³/mol. The standard InChI is InChI=1S/C14H22N4O2/c1-2-3-11-20-12-7-15-6-8-17-9-10-18-13(14(17)19)4-5-16-18/h4-5,9-10,15H,2-3,6-8,11-12H2,1H3. The van der Waals surface area contributed by atoms with Gasteiger partial charge in [-0.25, -0.2) is 4.52 Å². The van der Waals surface area contributed by atoms with Gasteiger partial charge in [0.05, 0.1) is 12.8 Å². The molecule has 6 heteroatoms. The van der Waals surface area contributed by atoms with Gasteiger partial charge >= 0.3 is 0 Å². The van der Waals surface area contributed by atoms with Gasteiger partial charge in [0.25, 0.3) is 5.56 Å². The third-order valence-electron chi connectivity index (χ3n) is 3.13. The number of fused-ring (bicyclic) bond motifs is 1. The van der Waals surface area contributed by atoms with E-state index in [4.69, 9.17) is 4.74 Å². The first-order valence-corrected chi connectivity index (χ1v) is 7.14. The van der Waals surface area contributed by atoms with Crippen LogP contribution in [-0.4, -0.2) is 40.5 Å². The number of ether oxygens (including phenoxy) is 1. The molecule has 0 saturated heterocycles. The highest BCUT2D eigenvalue weighted by molar-refractivity contribution is 5.42. The van der Waals surface area contributed by atoms with E-state index in [-0.39, 0.29) is 5.56 Å². The molecule has 0 aliphatic rings. The Bertz CT molecular complexity index is 576. The van der Waals surface area contributed by atoms with E-state index in [1.54, 1.807) is 33.7 Å². The number of hydrogen-bond donors (Lipinski definition) is 1. The minimum absolute atomic E-state index is 0.00834. The molecule has 2 heterocycles. The summed E-state index contributed by atoms with van der Waals surface area (Å²) in [7, 11) is 0. The zero-order valence-corrected chi connectivity index (χ0v) is 11.9. The summed E-state index contributed by atoms with van der Waals surface area (Å²) in [6.07, 6.45) is 7.47. The van der Waals surface area contributed by atoms with Crippen molar-refractivity contribution in [3.63, 3.8) is 0 Å². The largest absolute Gasteiger partial charge is 0.380 e. The van der Waals surface area contributed by atoms with Gasteiger partial charge in [-0.2, -0.15) is 5.10 Å². The Morgan fingerprint density at radius 1 is 1.30 bits per heavy atom. The molecule has 6 nitrogen and oxygen atoms in total. The molecule has 0 radical (unpaired) electrons. The highest BCUT2D eigenvalue weighted by Gasteiger charge is 2.02. The topological polar surface area (TPSA) is 60.6 Å². The van der Waals surface area contributed by atoms with E-state index in [1.807, 2.05) is 0 Å². The van der Waals surface area contributed by atoms with Crippen molar-refractivity contribution < 1.29 is 4.74 Å². The van der Waals surface area contributed by atoms with Gasteiger partial charge in [0.2, 0.25) is 0 Å². The summed E-state index contributed by atoms with van der Waals surface area (Å²) in [6.45, 7) is 5.91. The Kier molecular flexibility index (Phi) is 5.76. The molecule has 110 valence electrons. The molecule has 0 aliphatic heterocycles. The first-order chi connectivity index (χ1) is 9.83. The highest BCUT2D eigenvalue weighted by atomic mass is 16.5. The highest BCUT2D eigenvalue weighted by Crippen LogP contribution is 1.93. The van der Waals surface area contributed by atoms with E-state index < -0.39 is 0 Å². The van der Waals surface area contributed by atoms with Gasteiger partial charge in [-0.05, 0) is 12.5 Å². The summed E-state index contributed by atoms with van der Waals surface area (Å²) in [5, 5.41) is 7.31. The lowest BCUT2D eigenvalue weighted by Crippen LogP contribution is -2.29. The van der Waals surface area contributed by atoms with Crippen LogP contribution in [0, 0.1) is 0 Å². The van der Waals surface area contributed by atoms with Crippen LogP contribution in [0.25, 0.3) is 5.52 Å². The molecule has 0 aromatic carbocycles. The van der Waals surface area contributed by atoms with Crippen LogP contribution < -0.4 is 10.9 Å². The molecule has 20 heavy (non-hydrogen) atoms. The fourth-order valence-corrected chi connectivity index (χ4v) is 1.95. The van der Waals surface area contributed by atoms with E-state index in [0.717, 1.165) is 39.1 Å². The van der Waals surface area contributed by atoms with Crippen LogP contribution >= 0.6 is 0 Å². The maximum atomic E-state index is 12.1. The summed E-state index contributed by atoms with van der Waals surface area (Å²) in [5.74, 6) is 0. The number of nitrogens with zero attached hydrogens (tertiary/aromatic N) is 3. The van der Waals surface area contributed by atoms with Crippen LogP contribution in [-0.2, 0) is 11.3 Å². The lowest BCUT2D eigenvalue weighted by atomic mass is 10.4. The summed E-state index contributed by atoms with van der Waals surface area (Å²) < 4.78 is 8.74. The Labute approximate surface area is 118 Å². The molecule has 0 fully saturated rings. The van der Waals surface area contributed by atoms with Crippen LogP contribution in [0.1, 0.15) is 19.8 Å². The maximum absolute atomic E-state index is 12.1. The Morgan fingerprint density at radius 2 is 2.20 bits per heavy atom. The fraction of sp³-hybridized carbons (Fsp3) is 0.571. The first-order valence-electron chi connectivity index (χ1n) is 7.14. The van der Waals surface area contributed by atoms with Crippen LogP contribution in [0.15, 0.2) is 29.5 Å². The van der Waals surface area contributed by atoms with Crippen LogP contribution in [0.3, 0.4) is 0 Å². The van der Waals surface area contributed by atoms with Crippen molar-refractivity contribution in [1.29, 1.82) is 0 Å². The molecular weight excluding hydrogens is 256 g/mol. The second-order valence-electron chi connectivity index (χ2n) is 4.67. The minimum Gasteiger partial charge on any atom is -0.380 e. The second kappa shape index (κ2) is 7.81. The zero-order chi connectivity index (χ0) is 14.2. The van der Waals surface area contributed by atoms with Gasteiger partial charge in [-0.1, -0.05) is 13.3 Å². The van der Waals surface area contributed by atoms with E-state index in [1.165, 1.54) is 0 Å². The van der Waals surface area contributed by atoms with Crippen molar-refractivity contribution in [3.8, 4) is 0 Å². The SMILES string of the molecule is CCCCOCCNCCn1ccn2nccc2c1=O. The monoisotopic (exact) mass is 278 g/mol. The van der Waals surface area contributed by atoms with Crippen LogP contribution in [0.5, 0.6) is 0 Å². The molecule has 2 rings (SSSR count). The van der Waals surface area contributed by atoms with Gasteiger partial charge < -0.3 is 14.6 Å². The zero-order valence-electron chi connectivity index (χ0n) is 11.9. The van der Waals surface area contributed by atoms with Crippen molar-refractivity contribution in [1.82, 2.24) is 19.5 Å². The lowest BCUT2D eigenvalue weighted by Gasteiger charge is -2.08. The molecular formula is C14H22N4O2. The normalized spacial score (nSPS) is 11.2. The average molecular weight is 278 g/mol. The molecule has 0 saturated carbocycles. The molecule has 1 N–H and O–H groups in total. The first kappa shape index (κ1) is 14.7. The average Bonchev–Trinajstić information content (AvgIpc) is 2.93. The van der Waals surface area contributed by atoms with Crippen molar-refractivity contribution in [2.75, 3.05) is 26.3 Å². The predicted octanol–water partition coefficient (Wildman–Crippen LogP) is 0.902.